The van der Waals surface area contributed by atoms with Crippen molar-refractivity contribution in [3.8, 4) is 5.75 Å². The molecule has 2 atom stereocenters. The topological polar surface area (TPSA) is 29.5 Å². The average molecular weight is 351 g/mol. The number of benzene rings is 2. The van der Waals surface area contributed by atoms with Gasteiger partial charge in [-0.1, -0.05) is 28.1 Å². The molecular weight excluding hydrogens is 336 g/mol. The normalized spacial score (nSPS) is 21.1. The Hall–Kier alpha value is -0.970. The molecule has 1 aliphatic heterocycles. The summed E-state index contributed by atoms with van der Waals surface area (Å²) in [6.45, 7) is 0. The maximum absolute atomic E-state index is 10.3. The molecule has 0 amide bonds. The molecule has 2 unspecified atom stereocenters. The molecule has 0 fully saturated rings. The van der Waals surface area contributed by atoms with Crippen LogP contribution >= 0.6 is 27.7 Å². The second-order valence-corrected chi connectivity index (χ2v) is 6.61. The molecule has 3 rings (SSSR count). The van der Waals surface area contributed by atoms with Crippen molar-refractivity contribution in [3.63, 3.8) is 0 Å². The van der Waals surface area contributed by atoms with Crippen LogP contribution in [0.15, 0.2) is 51.8 Å². The van der Waals surface area contributed by atoms with Crippen LogP contribution in [0.5, 0.6) is 5.75 Å². The zero-order valence-corrected chi connectivity index (χ0v) is 13.4. The number of rotatable bonds is 2. The van der Waals surface area contributed by atoms with Crippen LogP contribution in [-0.2, 0) is 0 Å². The van der Waals surface area contributed by atoms with Gasteiger partial charge in [0.05, 0.1) is 6.10 Å². The van der Waals surface area contributed by atoms with E-state index in [4.69, 9.17) is 4.74 Å². The number of ether oxygens (including phenoxy) is 1. The van der Waals surface area contributed by atoms with Gasteiger partial charge in [0, 0.05) is 21.4 Å². The lowest BCUT2D eigenvalue weighted by molar-refractivity contribution is 0.0656. The van der Waals surface area contributed by atoms with E-state index >= 15 is 0 Å². The van der Waals surface area contributed by atoms with E-state index in [0.717, 1.165) is 21.3 Å². The zero-order valence-electron chi connectivity index (χ0n) is 11.0. The summed E-state index contributed by atoms with van der Waals surface area (Å²) in [5.41, 5.74) is 1.96. The number of fused-ring (bicyclic) bond motifs is 1. The fraction of sp³-hybridized carbons (Fsp3) is 0.250. The maximum Gasteiger partial charge on any atom is 0.127 e. The van der Waals surface area contributed by atoms with Crippen molar-refractivity contribution in [3.05, 3.63) is 58.1 Å². The van der Waals surface area contributed by atoms with Gasteiger partial charge in [-0.25, -0.2) is 0 Å². The highest BCUT2D eigenvalue weighted by atomic mass is 79.9. The highest BCUT2D eigenvalue weighted by molar-refractivity contribution is 9.10. The Kier molecular flexibility index (Phi) is 4.06. The summed E-state index contributed by atoms with van der Waals surface area (Å²) in [4.78, 5) is 1.23. The molecule has 0 radical (unpaired) electrons. The van der Waals surface area contributed by atoms with E-state index in [1.165, 1.54) is 4.90 Å². The minimum atomic E-state index is -0.485. The van der Waals surface area contributed by atoms with Crippen LogP contribution in [0, 0.1) is 0 Å². The van der Waals surface area contributed by atoms with Gasteiger partial charge in [0.2, 0.25) is 0 Å². The van der Waals surface area contributed by atoms with E-state index in [0.29, 0.717) is 6.42 Å². The molecule has 4 heteroatoms. The number of thioether (sulfide) groups is 1. The molecule has 104 valence electrons. The Bertz CT molecular complexity index is 612. The lowest BCUT2D eigenvalue weighted by Crippen LogP contribution is -2.19. The fourth-order valence-electron chi connectivity index (χ4n) is 2.44. The van der Waals surface area contributed by atoms with Crippen molar-refractivity contribution in [2.24, 2.45) is 0 Å². The average Bonchev–Trinajstić information content (AvgIpc) is 2.48. The standard InChI is InChI=1S/C16H15BrO2S/c1-20-12-5-2-10(3-6-12)16-9-14(18)13-8-11(17)4-7-15(13)19-16/h2-8,14,16,18H,9H2,1H3. The molecule has 0 aromatic heterocycles. The van der Waals surface area contributed by atoms with Crippen molar-refractivity contribution in [2.45, 2.75) is 23.5 Å². The van der Waals surface area contributed by atoms with Crippen LogP contribution in [-0.4, -0.2) is 11.4 Å². The smallest absolute Gasteiger partial charge is 0.127 e. The van der Waals surface area contributed by atoms with Gasteiger partial charge in [-0.05, 0) is 42.2 Å². The Morgan fingerprint density at radius 3 is 2.65 bits per heavy atom. The van der Waals surface area contributed by atoms with E-state index in [9.17, 15) is 5.11 Å². The van der Waals surface area contributed by atoms with Crippen molar-refractivity contribution in [1.82, 2.24) is 0 Å². The Morgan fingerprint density at radius 1 is 1.20 bits per heavy atom. The summed E-state index contributed by atoms with van der Waals surface area (Å²) >= 11 is 5.14. The number of aliphatic hydroxyl groups excluding tert-OH is 1. The molecule has 0 spiro atoms. The second-order valence-electron chi connectivity index (χ2n) is 4.81. The summed E-state index contributed by atoms with van der Waals surface area (Å²) in [5, 5.41) is 10.3. The third-order valence-corrected chi connectivity index (χ3v) is 4.76. The number of halogens is 1. The predicted octanol–water partition coefficient (Wildman–Crippen LogP) is 4.73. The van der Waals surface area contributed by atoms with Crippen LogP contribution < -0.4 is 4.74 Å². The minimum absolute atomic E-state index is 0.0884. The zero-order chi connectivity index (χ0) is 14.1. The molecule has 2 nitrogen and oxygen atoms in total. The minimum Gasteiger partial charge on any atom is -0.485 e. The van der Waals surface area contributed by atoms with E-state index in [-0.39, 0.29) is 6.10 Å². The summed E-state index contributed by atoms with van der Waals surface area (Å²) in [7, 11) is 0. The van der Waals surface area contributed by atoms with Gasteiger partial charge in [-0.2, -0.15) is 0 Å². The largest absolute Gasteiger partial charge is 0.485 e. The third-order valence-electron chi connectivity index (χ3n) is 3.52. The molecule has 1 N–H and O–H groups in total. The van der Waals surface area contributed by atoms with Gasteiger partial charge >= 0.3 is 0 Å². The molecule has 20 heavy (non-hydrogen) atoms. The number of aliphatic hydroxyl groups is 1. The first-order chi connectivity index (χ1) is 9.67. The highest BCUT2D eigenvalue weighted by Gasteiger charge is 2.28. The maximum atomic E-state index is 10.3. The van der Waals surface area contributed by atoms with Gasteiger partial charge in [0.1, 0.15) is 11.9 Å². The van der Waals surface area contributed by atoms with Gasteiger partial charge < -0.3 is 9.84 Å². The quantitative estimate of drug-likeness (QED) is 0.794. The summed E-state index contributed by atoms with van der Waals surface area (Å²) in [6.07, 6.45) is 2.07. The van der Waals surface area contributed by atoms with Crippen molar-refractivity contribution in [1.29, 1.82) is 0 Å². The molecule has 0 saturated heterocycles. The van der Waals surface area contributed by atoms with Crippen molar-refractivity contribution in [2.75, 3.05) is 6.26 Å². The fourth-order valence-corrected chi connectivity index (χ4v) is 3.23. The lowest BCUT2D eigenvalue weighted by Gasteiger charge is -2.30. The summed E-state index contributed by atoms with van der Waals surface area (Å²) < 4.78 is 6.99. The molecule has 0 bridgehead atoms. The van der Waals surface area contributed by atoms with Gasteiger partial charge in [-0.3, -0.25) is 0 Å². The second kappa shape index (κ2) is 5.80. The van der Waals surface area contributed by atoms with E-state index in [1.807, 2.05) is 18.2 Å². The molecule has 2 aromatic carbocycles. The predicted molar refractivity (Wildman–Crippen MR) is 85.3 cm³/mol. The van der Waals surface area contributed by atoms with Crippen LogP contribution in [0.1, 0.15) is 29.8 Å². The van der Waals surface area contributed by atoms with Crippen LogP contribution in [0.25, 0.3) is 0 Å². The van der Waals surface area contributed by atoms with Crippen LogP contribution in [0.4, 0.5) is 0 Å². The molecule has 1 aliphatic rings. The SMILES string of the molecule is CSc1ccc(C2CC(O)c3cc(Br)ccc3O2)cc1. The van der Waals surface area contributed by atoms with E-state index in [2.05, 4.69) is 46.5 Å². The Morgan fingerprint density at radius 2 is 1.95 bits per heavy atom. The first-order valence-corrected chi connectivity index (χ1v) is 8.47. The van der Waals surface area contributed by atoms with Gasteiger partial charge in [0.15, 0.2) is 0 Å². The van der Waals surface area contributed by atoms with E-state index in [1.54, 1.807) is 11.8 Å². The van der Waals surface area contributed by atoms with Gasteiger partial charge in [0.25, 0.3) is 0 Å². The van der Waals surface area contributed by atoms with Gasteiger partial charge in [-0.15, -0.1) is 11.8 Å². The first-order valence-electron chi connectivity index (χ1n) is 6.45. The molecular formula is C16H15BrO2S. The third kappa shape index (κ3) is 2.73. The monoisotopic (exact) mass is 350 g/mol. The molecule has 0 aliphatic carbocycles. The Labute approximate surface area is 131 Å². The lowest BCUT2D eigenvalue weighted by atomic mass is 9.95. The first kappa shape index (κ1) is 14.0. The summed E-state index contributed by atoms with van der Waals surface area (Å²) in [5.74, 6) is 0.769. The van der Waals surface area contributed by atoms with Crippen LogP contribution in [0.3, 0.4) is 0 Å². The van der Waals surface area contributed by atoms with Crippen LogP contribution in [0.2, 0.25) is 0 Å². The molecule has 2 aromatic rings. The summed E-state index contributed by atoms with van der Waals surface area (Å²) in [6, 6.07) is 14.1. The van der Waals surface area contributed by atoms with E-state index < -0.39 is 6.10 Å². The highest BCUT2D eigenvalue weighted by Crippen LogP contribution is 2.41. The number of hydrogen-bond donors (Lipinski definition) is 1. The molecule has 1 heterocycles. The van der Waals surface area contributed by atoms with Crippen molar-refractivity contribution >= 4 is 27.7 Å². The van der Waals surface area contributed by atoms with Crippen molar-refractivity contribution < 1.29 is 9.84 Å². The Balaban J connectivity index is 1.88. The number of hydrogen-bond acceptors (Lipinski definition) is 3. The molecule has 0 saturated carbocycles.